The minimum atomic E-state index is -0.511. The third-order valence-electron chi connectivity index (χ3n) is 3.00. The average Bonchev–Trinajstić information content (AvgIpc) is 3.12. The fourth-order valence-electron chi connectivity index (χ4n) is 2.03. The molecule has 19 heavy (non-hydrogen) atoms. The number of nitriles is 1. The molecule has 5 nitrogen and oxygen atoms in total. The molecule has 1 heterocycles. The summed E-state index contributed by atoms with van der Waals surface area (Å²) in [6, 6.07) is 4.25. The lowest BCUT2D eigenvalue weighted by molar-refractivity contribution is 0.414. The summed E-state index contributed by atoms with van der Waals surface area (Å²) in [6.07, 6.45) is 4.53. The van der Waals surface area contributed by atoms with Crippen LogP contribution in [0.3, 0.4) is 0 Å². The normalized spacial score (nSPS) is 19.4. The summed E-state index contributed by atoms with van der Waals surface area (Å²) in [5, 5.41) is 13.5. The van der Waals surface area contributed by atoms with Crippen LogP contribution in [0.2, 0.25) is 0 Å². The number of H-pyrrole nitrogens is 1. The van der Waals surface area contributed by atoms with Crippen molar-refractivity contribution >= 4 is 11.8 Å². The van der Waals surface area contributed by atoms with Gasteiger partial charge in [0.1, 0.15) is 5.54 Å². The van der Waals surface area contributed by atoms with Gasteiger partial charge < -0.3 is 4.98 Å². The van der Waals surface area contributed by atoms with Gasteiger partial charge in [-0.15, -0.1) is 0 Å². The molecule has 2 rings (SSSR count). The second-order valence-corrected chi connectivity index (χ2v) is 6.66. The van der Waals surface area contributed by atoms with Gasteiger partial charge >= 0.3 is 0 Å². The molecule has 1 aliphatic carbocycles. The minimum absolute atomic E-state index is 0.149. The fourth-order valence-corrected chi connectivity index (χ4v) is 3.11. The Bertz CT molecular complexity index is 534. The van der Waals surface area contributed by atoms with E-state index in [2.05, 4.69) is 21.4 Å². The molecule has 0 amide bonds. The van der Waals surface area contributed by atoms with E-state index in [-0.39, 0.29) is 10.8 Å². The number of nitrogens with one attached hydrogen (secondary N) is 2. The minimum Gasteiger partial charge on any atom is -0.301 e. The number of hydrogen-bond donors (Lipinski definition) is 2. The molecule has 6 heteroatoms. The van der Waals surface area contributed by atoms with Crippen molar-refractivity contribution in [3.05, 3.63) is 22.6 Å². The molecular weight excluding hydrogens is 260 g/mol. The summed E-state index contributed by atoms with van der Waals surface area (Å²) in [6.45, 7) is 3.98. The molecule has 2 atom stereocenters. The number of nitrogens with zero attached hydrogens (tertiary/aromatic N) is 2. The van der Waals surface area contributed by atoms with Crippen LogP contribution in [0.15, 0.2) is 22.2 Å². The largest absolute Gasteiger partial charge is 0.301 e. The summed E-state index contributed by atoms with van der Waals surface area (Å²) < 4.78 is 0. The van der Waals surface area contributed by atoms with E-state index in [4.69, 9.17) is 0 Å². The number of aromatic amines is 1. The summed E-state index contributed by atoms with van der Waals surface area (Å²) in [5.41, 5.74) is -0.660. The maximum atomic E-state index is 11.2. The Morgan fingerprint density at radius 1 is 1.74 bits per heavy atom. The van der Waals surface area contributed by atoms with Crippen LogP contribution in [-0.4, -0.2) is 26.8 Å². The van der Waals surface area contributed by atoms with E-state index in [0.29, 0.717) is 17.6 Å². The van der Waals surface area contributed by atoms with Crippen molar-refractivity contribution in [3.63, 3.8) is 0 Å². The van der Waals surface area contributed by atoms with Crippen LogP contribution >= 0.6 is 11.8 Å². The molecular formula is C13H18N4OS. The molecule has 0 spiro atoms. The van der Waals surface area contributed by atoms with Crippen molar-refractivity contribution in [1.29, 1.82) is 5.26 Å². The van der Waals surface area contributed by atoms with Crippen molar-refractivity contribution < 1.29 is 0 Å². The van der Waals surface area contributed by atoms with E-state index in [0.717, 1.165) is 12.8 Å². The van der Waals surface area contributed by atoms with Crippen molar-refractivity contribution in [2.75, 3.05) is 0 Å². The fraction of sp³-hybridized carbons (Fsp3) is 0.615. The van der Waals surface area contributed by atoms with Crippen LogP contribution < -0.4 is 10.9 Å². The zero-order chi connectivity index (χ0) is 13.9. The lowest BCUT2D eigenvalue weighted by atomic mass is 9.98. The lowest BCUT2D eigenvalue weighted by Crippen LogP contribution is -2.44. The molecule has 0 radical (unpaired) electrons. The third-order valence-corrected chi connectivity index (χ3v) is 4.00. The van der Waals surface area contributed by atoms with E-state index >= 15 is 0 Å². The predicted octanol–water partition coefficient (Wildman–Crippen LogP) is 1.67. The number of aromatic nitrogens is 2. The highest BCUT2D eigenvalue weighted by atomic mass is 32.2. The van der Waals surface area contributed by atoms with E-state index in [1.807, 2.05) is 13.8 Å². The standard InChI is InChI=1S/C13H18N4OS/c1-9(19-12-15-6-5-11(18)16-12)7-13(2,8-14)17-10-3-4-10/h5-6,9-10,17H,3-4,7H2,1-2H3,(H,15,16,18). The Morgan fingerprint density at radius 3 is 3.05 bits per heavy atom. The van der Waals surface area contributed by atoms with Crippen LogP contribution in [0, 0.1) is 11.3 Å². The van der Waals surface area contributed by atoms with E-state index in [1.54, 1.807) is 0 Å². The topological polar surface area (TPSA) is 81.6 Å². The molecule has 0 aliphatic heterocycles. The summed E-state index contributed by atoms with van der Waals surface area (Å²) >= 11 is 1.49. The second kappa shape index (κ2) is 5.76. The van der Waals surface area contributed by atoms with Crippen LogP contribution in [0.1, 0.15) is 33.1 Å². The summed E-state index contributed by atoms with van der Waals surface area (Å²) in [4.78, 5) is 18.0. The average molecular weight is 278 g/mol. The molecule has 0 saturated heterocycles. The highest BCUT2D eigenvalue weighted by Crippen LogP contribution is 2.29. The summed E-state index contributed by atoms with van der Waals surface area (Å²) in [7, 11) is 0. The van der Waals surface area contributed by atoms with Gasteiger partial charge in [0.2, 0.25) is 0 Å². The number of hydrogen-bond acceptors (Lipinski definition) is 5. The quantitative estimate of drug-likeness (QED) is 0.611. The smallest absolute Gasteiger partial charge is 0.251 e. The number of rotatable bonds is 6. The lowest BCUT2D eigenvalue weighted by Gasteiger charge is -2.26. The zero-order valence-electron chi connectivity index (χ0n) is 11.1. The highest BCUT2D eigenvalue weighted by molar-refractivity contribution is 7.99. The first-order chi connectivity index (χ1) is 9.00. The third kappa shape index (κ3) is 4.37. The van der Waals surface area contributed by atoms with Gasteiger partial charge in [-0.25, -0.2) is 4.98 Å². The van der Waals surface area contributed by atoms with Crippen LogP contribution in [-0.2, 0) is 0 Å². The van der Waals surface area contributed by atoms with Gasteiger partial charge in [0.15, 0.2) is 5.16 Å². The Morgan fingerprint density at radius 2 is 2.47 bits per heavy atom. The zero-order valence-corrected chi connectivity index (χ0v) is 12.0. The Kier molecular flexibility index (Phi) is 4.27. The second-order valence-electron chi connectivity index (χ2n) is 5.23. The van der Waals surface area contributed by atoms with Gasteiger partial charge in [-0.3, -0.25) is 10.1 Å². The van der Waals surface area contributed by atoms with Crippen LogP contribution in [0.5, 0.6) is 0 Å². The van der Waals surface area contributed by atoms with Gasteiger partial charge in [0.05, 0.1) is 6.07 Å². The molecule has 0 aromatic carbocycles. The van der Waals surface area contributed by atoms with Crippen molar-refractivity contribution in [3.8, 4) is 6.07 Å². The van der Waals surface area contributed by atoms with Gasteiger partial charge in [0, 0.05) is 23.6 Å². The molecule has 0 bridgehead atoms. The molecule has 2 unspecified atom stereocenters. The number of thioether (sulfide) groups is 1. The van der Waals surface area contributed by atoms with Crippen LogP contribution in [0.4, 0.5) is 0 Å². The molecule has 102 valence electrons. The van der Waals surface area contributed by atoms with Gasteiger partial charge in [0.25, 0.3) is 5.56 Å². The Labute approximate surface area is 116 Å². The molecule has 2 N–H and O–H groups in total. The molecule has 1 saturated carbocycles. The molecule has 1 fully saturated rings. The predicted molar refractivity (Wildman–Crippen MR) is 75.0 cm³/mol. The summed E-state index contributed by atoms with van der Waals surface area (Å²) in [5.74, 6) is 0. The van der Waals surface area contributed by atoms with Crippen molar-refractivity contribution in [1.82, 2.24) is 15.3 Å². The van der Waals surface area contributed by atoms with Gasteiger partial charge in [-0.05, 0) is 26.2 Å². The maximum absolute atomic E-state index is 11.2. The highest BCUT2D eigenvalue weighted by Gasteiger charge is 2.33. The van der Waals surface area contributed by atoms with E-state index in [1.165, 1.54) is 24.0 Å². The van der Waals surface area contributed by atoms with Crippen molar-refractivity contribution in [2.45, 2.75) is 55.1 Å². The van der Waals surface area contributed by atoms with Crippen LogP contribution in [0.25, 0.3) is 0 Å². The van der Waals surface area contributed by atoms with Gasteiger partial charge in [-0.1, -0.05) is 18.7 Å². The van der Waals surface area contributed by atoms with E-state index in [9.17, 15) is 10.1 Å². The van der Waals surface area contributed by atoms with Gasteiger partial charge in [-0.2, -0.15) is 5.26 Å². The SMILES string of the molecule is CC(CC(C)(C#N)NC1CC1)Sc1nccc(=O)[nH]1. The maximum Gasteiger partial charge on any atom is 0.251 e. The monoisotopic (exact) mass is 278 g/mol. The van der Waals surface area contributed by atoms with E-state index < -0.39 is 5.54 Å². The molecule has 1 aliphatic rings. The Balaban J connectivity index is 1.94. The molecule has 1 aromatic heterocycles. The molecule has 1 aromatic rings. The van der Waals surface area contributed by atoms with Crippen molar-refractivity contribution in [2.24, 2.45) is 0 Å². The first-order valence-electron chi connectivity index (χ1n) is 6.42. The first-order valence-corrected chi connectivity index (χ1v) is 7.30. The Hall–Kier alpha value is -1.32. The first kappa shape index (κ1) is 14.1.